The number of carboxylic acid groups (broad SMARTS) is 1. The number of rotatable bonds is 7. The number of hydrogen-bond acceptors (Lipinski definition) is 5. The van der Waals surface area contributed by atoms with Gasteiger partial charge in [0.2, 0.25) is 0 Å². The third kappa shape index (κ3) is 4.47. The topological polar surface area (TPSA) is 72.3 Å². The first kappa shape index (κ1) is 15.9. The van der Waals surface area contributed by atoms with E-state index >= 15 is 0 Å². The maximum Gasteiger partial charge on any atom is 0.340 e. The van der Waals surface area contributed by atoms with Gasteiger partial charge in [-0.2, -0.15) is 0 Å². The monoisotopic (exact) mass is 284 g/mol. The molecule has 0 bridgehead atoms. The van der Waals surface area contributed by atoms with Crippen molar-refractivity contribution < 1.29 is 14.6 Å². The highest BCUT2D eigenvalue weighted by atomic mass is 32.2. The van der Waals surface area contributed by atoms with Crippen molar-refractivity contribution in [1.82, 2.24) is 9.97 Å². The van der Waals surface area contributed by atoms with Crippen molar-refractivity contribution in [2.45, 2.75) is 38.6 Å². The molecule has 1 N–H and O–H groups in total. The fraction of sp³-hybridized carbons (Fsp3) is 0.615. The lowest BCUT2D eigenvalue weighted by Crippen LogP contribution is -2.11. The first-order chi connectivity index (χ1) is 8.97. The van der Waals surface area contributed by atoms with Crippen LogP contribution in [0.2, 0.25) is 0 Å². The quantitative estimate of drug-likeness (QED) is 0.471. The van der Waals surface area contributed by atoms with Gasteiger partial charge in [-0.05, 0) is 13.8 Å². The van der Waals surface area contributed by atoms with Gasteiger partial charge in [0.05, 0.1) is 12.3 Å². The van der Waals surface area contributed by atoms with Crippen molar-refractivity contribution >= 4 is 17.7 Å². The number of aryl methyl sites for hydroxylation is 1. The molecule has 6 heteroatoms. The van der Waals surface area contributed by atoms with Crippen molar-refractivity contribution in [1.29, 1.82) is 0 Å². The minimum atomic E-state index is -0.980. The summed E-state index contributed by atoms with van der Waals surface area (Å²) in [5, 5.41) is 9.79. The molecule has 106 valence electrons. The van der Waals surface area contributed by atoms with E-state index in [0.29, 0.717) is 35.5 Å². The molecule has 0 amide bonds. The Morgan fingerprint density at radius 2 is 2.11 bits per heavy atom. The molecule has 0 radical (unpaired) electrons. The molecule has 19 heavy (non-hydrogen) atoms. The molecule has 1 aromatic rings. The molecule has 0 aliphatic rings. The van der Waals surface area contributed by atoms with Gasteiger partial charge in [0.15, 0.2) is 0 Å². The fourth-order valence-electron chi connectivity index (χ4n) is 1.52. The smallest absolute Gasteiger partial charge is 0.340 e. The van der Waals surface area contributed by atoms with Gasteiger partial charge < -0.3 is 9.84 Å². The van der Waals surface area contributed by atoms with Crippen LogP contribution in [0.5, 0.6) is 0 Å². The van der Waals surface area contributed by atoms with Crippen LogP contribution in [-0.2, 0) is 4.74 Å². The van der Waals surface area contributed by atoms with Crippen LogP contribution in [0.25, 0.3) is 0 Å². The second kappa shape index (κ2) is 7.45. The summed E-state index contributed by atoms with van der Waals surface area (Å²) in [4.78, 5) is 19.9. The summed E-state index contributed by atoms with van der Waals surface area (Å²) in [7, 11) is 0. The Balaban J connectivity index is 2.99. The van der Waals surface area contributed by atoms with Crippen LogP contribution >= 0.6 is 11.8 Å². The van der Waals surface area contributed by atoms with E-state index in [9.17, 15) is 9.90 Å². The van der Waals surface area contributed by atoms with Crippen LogP contribution in [0.3, 0.4) is 0 Å². The van der Waals surface area contributed by atoms with Crippen LogP contribution in [0.4, 0.5) is 0 Å². The van der Waals surface area contributed by atoms with Gasteiger partial charge in [0.1, 0.15) is 16.4 Å². The number of nitrogens with zero attached hydrogens (tertiary/aromatic N) is 2. The minimum absolute atomic E-state index is 0.174. The van der Waals surface area contributed by atoms with E-state index in [4.69, 9.17) is 4.74 Å². The third-order valence-corrected chi connectivity index (χ3v) is 3.41. The summed E-state index contributed by atoms with van der Waals surface area (Å²) >= 11 is 1.40. The molecule has 0 spiro atoms. The average Bonchev–Trinajstić information content (AvgIpc) is 2.33. The van der Waals surface area contributed by atoms with E-state index in [0.717, 1.165) is 0 Å². The number of thioether (sulfide) groups is 1. The Labute approximate surface area is 117 Å². The molecular formula is C13H20N2O3S. The van der Waals surface area contributed by atoms with Gasteiger partial charge in [-0.25, -0.2) is 14.8 Å². The zero-order valence-electron chi connectivity index (χ0n) is 11.8. The minimum Gasteiger partial charge on any atom is -0.478 e. The van der Waals surface area contributed by atoms with Gasteiger partial charge in [0, 0.05) is 18.3 Å². The molecule has 0 saturated carbocycles. The highest BCUT2D eigenvalue weighted by molar-refractivity contribution is 7.99. The summed E-state index contributed by atoms with van der Waals surface area (Å²) in [6.45, 7) is 8.86. The van der Waals surface area contributed by atoms with Crippen LogP contribution in [-0.4, -0.2) is 40.0 Å². The lowest BCUT2D eigenvalue weighted by atomic mass is 10.2. The Kier molecular flexibility index (Phi) is 6.24. The normalized spacial score (nSPS) is 11.0. The summed E-state index contributed by atoms with van der Waals surface area (Å²) in [6.07, 6.45) is 0. The van der Waals surface area contributed by atoms with Gasteiger partial charge in [-0.15, -0.1) is 11.8 Å². The molecule has 0 aliphatic heterocycles. The van der Waals surface area contributed by atoms with Crippen LogP contribution < -0.4 is 0 Å². The lowest BCUT2D eigenvalue weighted by Gasteiger charge is -2.11. The molecule has 0 fully saturated rings. The Hall–Kier alpha value is -1.14. The van der Waals surface area contributed by atoms with Crippen LogP contribution in [0, 0.1) is 6.92 Å². The first-order valence-electron chi connectivity index (χ1n) is 6.29. The summed E-state index contributed by atoms with van der Waals surface area (Å²) in [5.74, 6) is 0.558. The zero-order valence-corrected chi connectivity index (χ0v) is 12.6. The largest absolute Gasteiger partial charge is 0.478 e. The van der Waals surface area contributed by atoms with Gasteiger partial charge >= 0.3 is 5.97 Å². The zero-order chi connectivity index (χ0) is 14.4. The number of carbonyl (C=O) groups is 1. The number of hydrogen-bond donors (Lipinski definition) is 1. The molecule has 0 saturated heterocycles. The first-order valence-corrected chi connectivity index (χ1v) is 7.28. The molecular weight excluding hydrogens is 264 g/mol. The lowest BCUT2D eigenvalue weighted by molar-refractivity contribution is 0.0690. The second-order valence-corrected chi connectivity index (χ2v) is 5.44. The molecule has 1 aromatic heterocycles. The third-order valence-electron chi connectivity index (χ3n) is 2.47. The Bertz CT molecular complexity index is 450. The summed E-state index contributed by atoms with van der Waals surface area (Å²) in [5.41, 5.74) is 0.719. The van der Waals surface area contributed by atoms with Crippen molar-refractivity contribution in [3.05, 3.63) is 17.1 Å². The highest BCUT2D eigenvalue weighted by Gasteiger charge is 2.19. The Morgan fingerprint density at radius 1 is 1.42 bits per heavy atom. The number of ether oxygens (including phenoxy) is 1. The molecule has 0 aromatic carbocycles. The summed E-state index contributed by atoms with van der Waals surface area (Å²) in [6, 6.07) is 0. The predicted molar refractivity (Wildman–Crippen MR) is 75.0 cm³/mol. The maximum atomic E-state index is 11.3. The van der Waals surface area contributed by atoms with Gasteiger partial charge in [-0.3, -0.25) is 0 Å². The number of carboxylic acids is 1. The van der Waals surface area contributed by atoms with E-state index in [-0.39, 0.29) is 11.5 Å². The standard InChI is InChI=1S/C13H20N2O3S/c1-5-18-6-7-19-12-10(13(16)17)9(4)14-11(15-12)8(2)3/h8H,5-7H2,1-4H3,(H,16,17). The number of aromatic carboxylic acids is 1. The van der Waals surface area contributed by atoms with E-state index < -0.39 is 5.97 Å². The van der Waals surface area contributed by atoms with Gasteiger partial charge in [0.25, 0.3) is 0 Å². The fourth-order valence-corrected chi connectivity index (χ4v) is 2.45. The molecule has 0 atom stereocenters. The van der Waals surface area contributed by atoms with E-state index in [2.05, 4.69) is 9.97 Å². The van der Waals surface area contributed by atoms with E-state index in [1.54, 1.807) is 6.92 Å². The predicted octanol–water partition coefficient (Wildman–Crippen LogP) is 2.74. The van der Waals surface area contributed by atoms with Crippen molar-refractivity contribution in [3.63, 3.8) is 0 Å². The molecule has 0 aliphatic carbocycles. The van der Waals surface area contributed by atoms with Crippen LogP contribution in [0.15, 0.2) is 5.03 Å². The van der Waals surface area contributed by atoms with Crippen LogP contribution in [0.1, 0.15) is 48.6 Å². The van der Waals surface area contributed by atoms with Crippen molar-refractivity contribution in [2.24, 2.45) is 0 Å². The molecule has 1 heterocycles. The van der Waals surface area contributed by atoms with Crippen molar-refractivity contribution in [3.8, 4) is 0 Å². The molecule has 0 unspecified atom stereocenters. The van der Waals surface area contributed by atoms with E-state index in [1.165, 1.54) is 11.8 Å². The Morgan fingerprint density at radius 3 is 2.63 bits per heavy atom. The van der Waals surface area contributed by atoms with Gasteiger partial charge in [-0.1, -0.05) is 13.8 Å². The van der Waals surface area contributed by atoms with E-state index in [1.807, 2.05) is 20.8 Å². The summed E-state index contributed by atoms with van der Waals surface area (Å²) < 4.78 is 5.25. The average molecular weight is 284 g/mol. The van der Waals surface area contributed by atoms with Crippen molar-refractivity contribution in [2.75, 3.05) is 19.0 Å². The molecule has 5 nitrogen and oxygen atoms in total. The molecule has 1 rings (SSSR count). The number of aromatic nitrogens is 2. The second-order valence-electron chi connectivity index (χ2n) is 4.35. The SMILES string of the molecule is CCOCCSc1nc(C(C)C)nc(C)c1C(=O)O. The maximum absolute atomic E-state index is 11.3. The highest BCUT2D eigenvalue weighted by Crippen LogP contribution is 2.24.